The molecule has 1 aromatic carbocycles. The Bertz CT molecular complexity index is 524. The third kappa shape index (κ3) is 5.02. The molecular formula is C15H19BrINO3. The number of likely N-dealkylation sites (tertiary alicyclic amines) is 1. The van der Waals surface area contributed by atoms with Crippen LogP contribution in [-0.2, 0) is 4.74 Å². The number of rotatable bonds is 3. The van der Waals surface area contributed by atoms with E-state index in [4.69, 9.17) is 9.47 Å². The Labute approximate surface area is 147 Å². The van der Waals surface area contributed by atoms with Gasteiger partial charge in [-0.25, -0.2) is 4.79 Å². The van der Waals surface area contributed by atoms with Crippen molar-refractivity contribution in [1.29, 1.82) is 0 Å². The van der Waals surface area contributed by atoms with Crippen LogP contribution in [0.1, 0.15) is 20.8 Å². The van der Waals surface area contributed by atoms with Gasteiger partial charge in [0.2, 0.25) is 0 Å². The second kappa shape index (κ2) is 6.73. The molecule has 1 aliphatic rings. The van der Waals surface area contributed by atoms with Crippen molar-refractivity contribution in [2.24, 2.45) is 5.92 Å². The summed E-state index contributed by atoms with van der Waals surface area (Å²) in [6.45, 7) is 7.64. The van der Waals surface area contributed by atoms with Gasteiger partial charge in [0.15, 0.2) is 0 Å². The van der Waals surface area contributed by atoms with E-state index in [1.165, 1.54) is 0 Å². The van der Waals surface area contributed by atoms with Crippen molar-refractivity contribution in [3.8, 4) is 5.75 Å². The SMILES string of the molecule is CC(C)(C)OC(=O)N1CC(COc2ccc(Br)cc2I)C1. The van der Waals surface area contributed by atoms with Crippen LogP contribution in [0, 0.1) is 9.49 Å². The summed E-state index contributed by atoms with van der Waals surface area (Å²) in [6, 6.07) is 5.94. The van der Waals surface area contributed by atoms with Crippen molar-refractivity contribution in [2.75, 3.05) is 19.7 Å². The van der Waals surface area contributed by atoms with Crippen molar-refractivity contribution in [3.63, 3.8) is 0 Å². The smallest absolute Gasteiger partial charge is 0.410 e. The van der Waals surface area contributed by atoms with Crippen LogP contribution in [0.2, 0.25) is 0 Å². The number of benzene rings is 1. The molecule has 1 saturated heterocycles. The largest absolute Gasteiger partial charge is 0.492 e. The molecule has 1 aromatic rings. The first kappa shape index (κ1) is 16.9. The number of nitrogens with zero attached hydrogens (tertiary/aromatic N) is 1. The van der Waals surface area contributed by atoms with Crippen LogP contribution in [0.4, 0.5) is 4.79 Å². The maximum absolute atomic E-state index is 11.8. The topological polar surface area (TPSA) is 38.8 Å². The lowest BCUT2D eigenvalue weighted by Crippen LogP contribution is -2.53. The van der Waals surface area contributed by atoms with Gasteiger partial charge in [-0.05, 0) is 61.6 Å². The fourth-order valence-corrected chi connectivity index (χ4v) is 3.41. The van der Waals surface area contributed by atoms with Crippen molar-refractivity contribution < 1.29 is 14.3 Å². The van der Waals surface area contributed by atoms with Crippen molar-refractivity contribution >= 4 is 44.6 Å². The second-order valence-electron chi connectivity index (χ2n) is 6.14. The first-order valence-electron chi connectivity index (χ1n) is 6.80. The molecule has 6 heteroatoms. The van der Waals surface area contributed by atoms with Gasteiger partial charge in [-0.1, -0.05) is 15.9 Å². The summed E-state index contributed by atoms with van der Waals surface area (Å²) >= 11 is 5.68. The van der Waals surface area contributed by atoms with E-state index in [0.29, 0.717) is 25.6 Å². The summed E-state index contributed by atoms with van der Waals surface area (Å²) in [5.74, 6) is 1.26. The van der Waals surface area contributed by atoms with E-state index in [2.05, 4.69) is 38.5 Å². The molecule has 0 saturated carbocycles. The third-order valence-corrected chi connectivity index (χ3v) is 4.31. The Kier molecular flexibility index (Phi) is 5.40. The fourth-order valence-electron chi connectivity index (χ4n) is 1.95. The van der Waals surface area contributed by atoms with E-state index >= 15 is 0 Å². The third-order valence-electron chi connectivity index (χ3n) is 2.98. The highest BCUT2D eigenvalue weighted by Crippen LogP contribution is 2.26. The second-order valence-corrected chi connectivity index (χ2v) is 8.21. The quantitative estimate of drug-likeness (QED) is 0.622. The molecule has 0 bridgehead atoms. The summed E-state index contributed by atoms with van der Waals surface area (Å²) in [7, 11) is 0. The van der Waals surface area contributed by atoms with Crippen LogP contribution in [0.3, 0.4) is 0 Å². The Morgan fingerprint density at radius 3 is 2.67 bits per heavy atom. The van der Waals surface area contributed by atoms with Crippen molar-refractivity contribution in [2.45, 2.75) is 26.4 Å². The number of halogens is 2. The average molecular weight is 468 g/mol. The number of amides is 1. The van der Waals surface area contributed by atoms with E-state index in [0.717, 1.165) is 13.8 Å². The molecule has 1 heterocycles. The zero-order valence-corrected chi connectivity index (χ0v) is 16.1. The van der Waals surface area contributed by atoms with E-state index < -0.39 is 5.60 Å². The summed E-state index contributed by atoms with van der Waals surface area (Å²) < 4.78 is 13.3. The number of carbonyl (C=O) groups is 1. The van der Waals surface area contributed by atoms with Gasteiger partial charge in [-0.3, -0.25) is 0 Å². The zero-order chi connectivity index (χ0) is 15.6. The van der Waals surface area contributed by atoms with Gasteiger partial charge < -0.3 is 14.4 Å². The lowest BCUT2D eigenvalue weighted by Gasteiger charge is -2.39. The molecule has 4 nitrogen and oxygen atoms in total. The van der Waals surface area contributed by atoms with E-state index in [-0.39, 0.29) is 6.09 Å². The summed E-state index contributed by atoms with van der Waals surface area (Å²) in [5.41, 5.74) is -0.438. The molecule has 0 radical (unpaired) electrons. The number of carbonyl (C=O) groups excluding carboxylic acids is 1. The number of ether oxygens (including phenoxy) is 2. The molecule has 1 aliphatic heterocycles. The molecule has 0 spiro atoms. The number of hydrogen-bond acceptors (Lipinski definition) is 3. The summed E-state index contributed by atoms with van der Waals surface area (Å²) in [4.78, 5) is 13.5. The average Bonchev–Trinajstić information content (AvgIpc) is 2.27. The van der Waals surface area contributed by atoms with E-state index in [9.17, 15) is 4.79 Å². The highest BCUT2D eigenvalue weighted by molar-refractivity contribution is 14.1. The van der Waals surface area contributed by atoms with Gasteiger partial charge in [0, 0.05) is 23.5 Å². The molecule has 21 heavy (non-hydrogen) atoms. The van der Waals surface area contributed by atoms with Crippen LogP contribution < -0.4 is 4.74 Å². The van der Waals surface area contributed by atoms with Gasteiger partial charge in [-0.2, -0.15) is 0 Å². The molecule has 0 atom stereocenters. The maximum atomic E-state index is 11.8. The van der Waals surface area contributed by atoms with Crippen LogP contribution in [0.15, 0.2) is 22.7 Å². The molecule has 116 valence electrons. The first-order valence-corrected chi connectivity index (χ1v) is 8.67. The highest BCUT2D eigenvalue weighted by atomic mass is 127. The summed E-state index contributed by atoms with van der Waals surface area (Å²) in [5, 5.41) is 0. The number of hydrogen-bond donors (Lipinski definition) is 0. The molecule has 1 fully saturated rings. The molecule has 2 rings (SSSR count). The zero-order valence-electron chi connectivity index (χ0n) is 12.4. The highest BCUT2D eigenvalue weighted by Gasteiger charge is 2.34. The molecule has 1 amide bonds. The molecule has 0 N–H and O–H groups in total. The Balaban J connectivity index is 1.75. The Morgan fingerprint density at radius 1 is 1.43 bits per heavy atom. The fraction of sp³-hybridized carbons (Fsp3) is 0.533. The maximum Gasteiger partial charge on any atom is 0.410 e. The van der Waals surface area contributed by atoms with Gasteiger partial charge >= 0.3 is 6.09 Å². The predicted molar refractivity (Wildman–Crippen MR) is 93.7 cm³/mol. The monoisotopic (exact) mass is 467 g/mol. The van der Waals surface area contributed by atoms with Crippen molar-refractivity contribution in [3.05, 3.63) is 26.2 Å². The van der Waals surface area contributed by atoms with Crippen LogP contribution in [0.5, 0.6) is 5.75 Å². The van der Waals surface area contributed by atoms with Crippen molar-refractivity contribution in [1.82, 2.24) is 4.90 Å². The van der Waals surface area contributed by atoms with Gasteiger partial charge in [-0.15, -0.1) is 0 Å². The lowest BCUT2D eigenvalue weighted by atomic mass is 10.0. The summed E-state index contributed by atoms with van der Waals surface area (Å²) in [6.07, 6.45) is -0.239. The van der Waals surface area contributed by atoms with Gasteiger partial charge in [0.1, 0.15) is 11.4 Å². The molecular weight excluding hydrogens is 449 g/mol. The van der Waals surface area contributed by atoms with Crippen LogP contribution in [0.25, 0.3) is 0 Å². The lowest BCUT2D eigenvalue weighted by molar-refractivity contribution is -0.00786. The standard InChI is InChI=1S/C15H19BrINO3/c1-15(2,3)21-14(19)18-7-10(8-18)9-20-13-5-4-11(16)6-12(13)17/h4-6,10H,7-9H2,1-3H3. The minimum atomic E-state index is -0.438. The predicted octanol–water partition coefficient (Wildman–Crippen LogP) is 4.30. The molecule has 0 unspecified atom stereocenters. The van der Waals surface area contributed by atoms with Crippen LogP contribution >= 0.6 is 38.5 Å². The van der Waals surface area contributed by atoms with Crippen LogP contribution in [-0.4, -0.2) is 36.3 Å². The van der Waals surface area contributed by atoms with Gasteiger partial charge in [0.05, 0.1) is 10.2 Å². The van der Waals surface area contributed by atoms with E-state index in [1.807, 2.05) is 39.0 Å². The van der Waals surface area contributed by atoms with E-state index in [1.54, 1.807) is 4.90 Å². The Hall–Kier alpha value is -0.500. The first-order chi connectivity index (χ1) is 9.74. The minimum Gasteiger partial charge on any atom is -0.492 e. The normalized spacial score (nSPS) is 15.6. The van der Waals surface area contributed by atoms with Gasteiger partial charge in [0.25, 0.3) is 0 Å². The molecule has 0 aromatic heterocycles. The Morgan fingerprint density at radius 2 is 2.10 bits per heavy atom. The minimum absolute atomic E-state index is 0.239. The molecule has 0 aliphatic carbocycles.